The number of hydrogen-bond donors (Lipinski definition) is 0. The van der Waals surface area contributed by atoms with Gasteiger partial charge in [-0.05, 0) is 48.0 Å². The third-order valence-corrected chi connectivity index (χ3v) is 3.74. The maximum absolute atomic E-state index is 12.2. The van der Waals surface area contributed by atoms with E-state index in [1.807, 2.05) is 24.3 Å². The summed E-state index contributed by atoms with van der Waals surface area (Å²) in [5.74, 6) is 0.963. The van der Waals surface area contributed by atoms with Crippen LogP contribution in [0.5, 0.6) is 17.2 Å². The van der Waals surface area contributed by atoms with Crippen LogP contribution in [0.15, 0.2) is 72.0 Å². The highest BCUT2D eigenvalue weighted by Crippen LogP contribution is 2.30. The maximum atomic E-state index is 12.2. The van der Waals surface area contributed by atoms with Gasteiger partial charge in [-0.1, -0.05) is 12.1 Å². The van der Waals surface area contributed by atoms with Crippen LogP contribution in [0.2, 0.25) is 0 Å². The number of ether oxygens (including phenoxy) is 3. The molecule has 3 rings (SSSR count). The topological polar surface area (TPSA) is 70.0 Å². The summed E-state index contributed by atoms with van der Waals surface area (Å²) in [6, 6.07) is 15.8. The van der Waals surface area contributed by atoms with Crippen molar-refractivity contribution < 1.29 is 19.0 Å². The lowest BCUT2D eigenvalue weighted by molar-refractivity contribution is 0.0729. The fraction of sp³-hybridized carbons (Fsp3) is 0.0952. The first-order valence-electron chi connectivity index (χ1n) is 8.18. The van der Waals surface area contributed by atoms with Crippen LogP contribution in [-0.2, 0) is 0 Å². The molecule has 0 saturated heterocycles. The first-order valence-corrected chi connectivity index (χ1v) is 8.18. The molecule has 0 fully saturated rings. The van der Waals surface area contributed by atoms with E-state index in [9.17, 15) is 4.79 Å². The van der Waals surface area contributed by atoms with Crippen LogP contribution in [0, 0.1) is 0 Å². The van der Waals surface area contributed by atoms with E-state index in [4.69, 9.17) is 14.2 Å². The van der Waals surface area contributed by atoms with Crippen molar-refractivity contribution in [1.82, 2.24) is 4.98 Å². The molecule has 6 nitrogen and oxygen atoms in total. The number of hydrogen-bond acceptors (Lipinski definition) is 6. The second-order valence-corrected chi connectivity index (χ2v) is 5.47. The Labute approximate surface area is 157 Å². The maximum Gasteiger partial charge on any atom is 0.343 e. The molecule has 27 heavy (non-hydrogen) atoms. The van der Waals surface area contributed by atoms with Crippen LogP contribution >= 0.6 is 0 Å². The molecule has 0 amide bonds. The standard InChI is InChI=1S/C21H18N2O4/c1-25-18-6-4-3-5-17(18)23-14-15-7-8-19(20(13-15)26-2)27-21(24)16-9-11-22-12-10-16/h3-14H,1-2H3. The van der Waals surface area contributed by atoms with Gasteiger partial charge in [0.2, 0.25) is 0 Å². The number of esters is 1. The van der Waals surface area contributed by atoms with Gasteiger partial charge in [0.05, 0.1) is 19.8 Å². The Morgan fingerprint density at radius 2 is 1.67 bits per heavy atom. The highest BCUT2D eigenvalue weighted by Gasteiger charge is 2.12. The van der Waals surface area contributed by atoms with Crippen molar-refractivity contribution in [3.8, 4) is 17.2 Å². The average Bonchev–Trinajstić information content (AvgIpc) is 2.73. The number of carbonyl (C=O) groups excluding carboxylic acids is 1. The minimum absolute atomic E-state index is 0.328. The van der Waals surface area contributed by atoms with Crippen molar-refractivity contribution in [2.45, 2.75) is 0 Å². The number of rotatable bonds is 6. The van der Waals surface area contributed by atoms with Crippen LogP contribution in [0.25, 0.3) is 0 Å². The van der Waals surface area contributed by atoms with Gasteiger partial charge in [0, 0.05) is 18.6 Å². The van der Waals surface area contributed by atoms with Crippen molar-refractivity contribution in [2.75, 3.05) is 14.2 Å². The molecule has 0 bridgehead atoms. The lowest BCUT2D eigenvalue weighted by Crippen LogP contribution is -2.09. The van der Waals surface area contributed by atoms with Gasteiger partial charge in [-0.25, -0.2) is 4.79 Å². The van der Waals surface area contributed by atoms with E-state index in [0.29, 0.717) is 28.5 Å². The van der Waals surface area contributed by atoms with Crippen LogP contribution in [0.4, 0.5) is 5.69 Å². The zero-order valence-electron chi connectivity index (χ0n) is 15.0. The van der Waals surface area contributed by atoms with Gasteiger partial charge >= 0.3 is 5.97 Å². The molecule has 136 valence electrons. The van der Waals surface area contributed by atoms with Gasteiger partial charge in [-0.15, -0.1) is 0 Å². The molecule has 0 saturated carbocycles. The molecular weight excluding hydrogens is 344 g/mol. The average molecular weight is 362 g/mol. The van der Waals surface area contributed by atoms with E-state index < -0.39 is 5.97 Å². The van der Waals surface area contributed by atoms with Crippen molar-refractivity contribution in [1.29, 1.82) is 0 Å². The molecule has 0 atom stereocenters. The summed E-state index contributed by atoms with van der Waals surface area (Å²) >= 11 is 0. The van der Waals surface area contributed by atoms with Gasteiger partial charge in [0.25, 0.3) is 0 Å². The SMILES string of the molecule is COc1ccccc1N=Cc1ccc(OC(=O)c2ccncc2)c(OC)c1. The molecule has 6 heteroatoms. The number of aliphatic imine (C=N–C) groups is 1. The van der Waals surface area contributed by atoms with Crippen LogP contribution in [-0.4, -0.2) is 31.4 Å². The summed E-state index contributed by atoms with van der Waals surface area (Å²) in [4.78, 5) is 20.5. The molecule has 0 aliphatic rings. The third-order valence-electron chi connectivity index (χ3n) is 3.74. The Hall–Kier alpha value is -3.67. The van der Waals surface area contributed by atoms with Crippen molar-refractivity contribution >= 4 is 17.9 Å². The number of aromatic nitrogens is 1. The first-order chi connectivity index (χ1) is 13.2. The molecule has 0 aliphatic heterocycles. The van der Waals surface area contributed by atoms with Crippen LogP contribution < -0.4 is 14.2 Å². The number of para-hydroxylation sites is 2. The molecule has 0 radical (unpaired) electrons. The molecule has 1 heterocycles. The predicted octanol–water partition coefficient (Wildman–Crippen LogP) is 4.07. The summed E-state index contributed by atoms with van der Waals surface area (Å²) in [6.07, 6.45) is 4.76. The fourth-order valence-corrected chi connectivity index (χ4v) is 2.38. The highest BCUT2D eigenvalue weighted by molar-refractivity contribution is 5.91. The number of benzene rings is 2. The van der Waals surface area contributed by atoms with E-state index in [1.165, 1.54) is 19.5 Å². The Morgan fingerprint density at radius 3 is 2.41 bits per heavy atom. The van der Waals surface area contributed by atoms with Gasteiger partial charge in [-0.2, -0.15) is 0 Å². The second kappa shape index (κ2) is 8.62. The minimum Gasteiger partial charge on any atom is -0.494 e. The van der Waals surface area contributed by atoms with Gasteiger partial charge < -0.3 is 14.2 Å². The summed E-state index contributed by atoms with van der Waals surface area (Å²) in [6.45, 7) is 0. The zero-order valence-corrected chi connectivity index (χ0v) is 15.0. The van der Waals surface area contributed by atoms with E-state index in [2.05, 4.69) is 9.98 Å². The highest BCUT2D eigenvalue weighted by atomic mass is 16.6. The number of methoxy groups -OCH3 is 2. The smallest absolute Gasteiger partial charge is 0.343 e. The van der Waals surface area contributed by atoms with Crippen LogP contribution in [0.1, 0.15) is 15.9 Å². The molecule has 3 aromatic rings. The first kappa shape index (κ1) is 18.1. The summed E-state index contributed by atoms with van der Waals surface area (Å²) in [5, 5.41) is 0. The van der Waals surface area contributed by atoms with Crippen molar-refractivity contribution in [3.05, 3.63) is 78.1 Å². The number of carbonyl (C=O) groups is 1. The Bertz CT molecular complexity index is 955. The molecule has 0 N–H and O–H groups in total. The molecular formula is C21H18N2O4. The van der Waals surface area contributed by atoms with Crippen molar-refractivity contribution in [3.63, 3.8) is 0 Å². The van der Waals surface area contributed by atoms with Crippen LogP contribution in [0.3, 0.4) is 0 Å². The summed E-state index contributed by atoms with van der Waals surface area (Å²) < 4.78 is 16.0. The largest absolute Gasteiger partial charge is 0.494 e. The summed E-state index contributed by atoms with van der Waals surface area (Å²) in [5.41, 5.74) is 1.92. The van der Waals surface area contributed by atoms with Crippen molar-refractivity contribution in [2.24, 2.45) is 4.99 Å². The third kappa shape index (κ3) is 4.49. The number of pyridine rings is 1. The summed E-state index contributed by atoms with van der Waals surface area (Å²) in [7, 11) is 3.11. The van der Waals surface area contributed by atoms with Gasteiger partial charge in [0.1, 0.15) is 11.4 Å². The Morgan fingerprint density at radius 1 is 0.926 bits per heavy atom. The van der Waals surface area contributed by atoms with E-state index in [1.54, 1.807) is 43.7 Å². The number of nitrogens with zero attached hydrogens (tertiary/aromatic N) is 2. The molecule has 0 aliphatic carbocycles. The molecule has 1 aromatic heterocycles. The van der Waals surface area contributed by atoms with Gasteiger partial charge in [0.15, 0.2) is 11.5 Å². The van der Waals surface area contributed by atoms with Gasteiger partial charge in [-0.3, -0.25) is 9.98 Å². The van der Waals surface area contributed by atoms with E-state index in [0.717, 1.165) is 5.56 Å². The monoisotopic (exact) mass is 362 g/mol. The predicted molar refractivity (Wildman–Crippen MR) is 102 cm³/mol. The lowest BCUT2D eigenvalue weighted by Gasteiger charge is -2.10. The fourth-order valence-electron chi connectivity index (χ4n) is 2.38. The zero-order chi connectivity index (χ0) is 19.1. The van der Waals surface area contributed by atoms with E-state index in [-0.39, 0.29) is 0 Å². The molecule has 2 aromatic carbocycles. The van der Waals surface area contributed by atoms with E-state index >= 15 is 0 Å². The Balaban J connectivity index is 1.80. The molecule has 0 spiro atoms. The quantitative estimate of drug-likeness (QED) is 0.376. The minimum atomic E-state index is -0.480. The second-order valence-electron chi connectivity index (χ2n) is 5.47. The lowest BCUT2D eigenvalue weighted by atomic mass is 10.2. The normalized spacial score (nSPS) is 10.6. The Kier molecular flexibility index (Phi) is 5.79. The molecule has 0 unspecified atom stereocenters.